The van der Waals surface area contributed by atoms with Crippen molar-refractivity contribution in [2.45, 2.75) is 27.2 Å². The van der Waals surface area contributed by atoms with Gasteiger partial charge in [0, 0.05) is 0 Å². The maximum Gasteiger partial charge on any atom is -0.0113 e. The lowest BCUT2D eigenvalue weighted by Crippen LogP contribution is -1.78. The van der Waals surface area contributed by atoms with Crippen molar-refractivity contribution in [2.24, 2.45) is 0 Å². The van der Waals surface area contributed by atoms with Gasteiger partial charge in [-0.2, -0.15) is 0 Å². The molecule has 0 spiro atoms. The summed E-state index contributed by atoms with van der Waals surface area (Å²) in [6.45, 7) is 13.8. The highest BCUT2D eigenvalue weighted by molar-refractivity contribution is 5.20. The topological polar surface area (TPSA) is 0 Å². The van der Waals surface area contributed by atoms with Gasteiger partial charge in [0.2, 0.25) is 0 Å². The summed E-state index contributed by atoms with van der Waals surface area (Å²) in [7, 11) is 0. The van der Waals surface area contributed by atoms with Crippen LogP contribution in [-0.2, 0) is 0 Å². The van der Waals surface area contributed by atoms with E-state index in [1.165, 1.54) is 11.1 Å². The predicted octanol–water partition coefficient (Wildman–Crippen LogP) is 3.48. The van der Waals surface area contributed by atoms with Gasteiger partial charge in [-0.3, -0.25) is 0 Å². The summed E-state index contributed by atoms with van der Waals surface area (Å²) >= 11 is 0. The molecule has 0 amide bonds. The maximum absolute atomic E-state index is 3.83. The molecule has 0 aliphatic carbocycles. The van der Waals surface area contributed by atoms with Crippen LogP contribution in [0.2, 0.25) is 0 Å². The van der Waals surface area contributed by atoms with Crippen LogP contribution >= 0.6 is 0 Å². The second kappa shape index (κ2) is 4.10. The Morgan fingerprint density at radius 1 is 1.20 bits per heavy atom. The van der Waals surface area contributed by atoms with Crippen LogP contribution in [0, 0.1) is 0 Å². The van der Waals surface area contributed by atoms with E-state index in [4.69, 9.17) is 0 Å². The van der Waals surface area contributed by atoms with Gasteiger partial charge in [0.15, 0.2) is 0 Å². The number of hydrogen-bond donors (Lipinski definition) is 0. The first-order chi connectivity index (χ1) is 4.52. The van der Waals surface area contributed by atoms with Crippen LogP contribution in [0.3, 0.4) is 0 Å². The lowest BCUT2D eigenvalue weighted by molar-refractivity contribution is 1.11. The molecule has 0 aromatic heterocycles. The first-order valence-electron chi connectivity index (χ1n) is 3.49. The zero-order chi connectivity index (χ0) is 8.15. The van der Waals surface area contributed by atoms with E-state index in [1.807, 2.05) is 13.8 Å². The summed E-state index contributed by atoms with van der Waals surface area (Å²) in [5, 5.41) is 0. The van der Waals surface area contributed by atoms with Gasteiger partial charge in [-0.05, 0) is 27.2 Å². The fourth-order valence-corrected chi connectivity index (χ4v) is 0.948. The van der Waals surface area contributed by atoms with Crippen molar-refractivity contribution in [2.75, 3.05) is 0 Å². The van der Waals surface area contributed by atoms with E-state index in [-0.39, 0.29) is 0 Å². The van der Waals surface area contributed by atoms with Crippen LogP contribution in [0.25, 0.3) is 0 Å². The molecule has 56 valence electrons. The van der Waals surface area contributed by atoms with Crippen LogP contribution in [0.4, 0.5) is 0 Å². The van der Waals surface area contributed by atoms with Crippen molar-refractivity contribution >= 4 is 0 Å². The largest absolute Gasteiger partial charge is 0.0998 e. The molecule has 0 aliphatic rings. The van der Waals surface area contributed by atoms with E-state index in [9.17, 15) is 0 Å². The summed E-state index contributed by atoms with van der Waals surface area (Å²) < 4.78 is 0. The molecule has 0 aliphatic heterocycles. The minimum atomic E-state index is 0.993. The molecule has 0 saturated carbocycles. The molecule has 0 N–H and O–H groups in total. The van der Waals surface area contributed by atoms with Gasteiger partial charge in [0.1, 0.15) is 0 Å². The SMILES string of the molecule is C=C(C)C=C(C)CC(=C)C. The van der Waals surface area contributed by atoms with E-state index >= 15 is 0 Å². The first kappa shape index (κ1) is 9.22. The highest BCUT2D eigenvalue weighted by Gasteiger charge is 1.88. The molecule has 0 heterocycles. The molecular formula is C10H16. The molecular weight excluding hydrogens is 120 g/mol. The van der Waals surface area contributed by atoms with Crippen LogP contribution < -0.4 is 0 Å². The molecule has 0 heteroatoms. The van der Waals surface area contributed by atoms with Gasteiger partial charge >= 0.3 is 0 Å². The normalized spacial score (nSPS) is 11.3. The molecule has 10 heavy (non-hydrogen) atoms. The molecule has 0 aromatic rings. The second-order valence-corrected chi connectivity index (χ2v) is 2.97. The Morgan fingerprint density at radius 2 is 1.70 bits per heavy atom. The Morgan fingerprint density at radius 3 is 2.00 bits per heavy atom. The monoisotopic (exact) mass is 136 g/mol. The summed E-state index contributed by atoms with van der Waals surface area (Å²) in [5.41, 5.74) is 3.65. The molecule has 0 unspecified atom stereocenters. The van der Waals surface area contributed by atoms with Crippen molar-refractivity contribution in [3.63, 3.8) is 0 Å². The van der Waals surface area contributed by atoms with Gasteiger partial charge in [-0.25, -0.2) is 0 Å². The Labute approximate surface area is 64.0 Å². The number of rotatable bonds is 3. The minimum Gasteiger partial charge on any atom is -0.0998 e. The summed E-state index contributed by atoms with van der Waals surface area (Å²) in [5.74, 6) is 0. The van der Waals surface area contributed by atoms with Crippen LogP contribution in [0.5, 0.6) is 0 Å². The summed E-state index contributed by atoms with van der Waals surface area (Å²) in [6, 6.07) is 0. The fraction of sp³-hybridized carbons (Fsp3) is 0.400. The predicted molar refractivity (Wildman–Crippen MR) is 48.0 cm³/mol. The van der Waals surface area contributed by atoms with Crippen molar-refractivity contribution < 1.29 is 0 Å². The average Bonchev–Trinajstić information content (AvgIpc) is 1.58. The summed E-state index contributed by atoms with van der Waals surface area (Å²) in [6.07, 6.45) is 3.08. The average molecular weight is 136 g/mol. The van der Waals surface area contributed by atoms with E-state index < -0.39 is 0 Å². The van der Waals surface area contributed by atoms with E-state index in [0.29, 0.717) is 0 Å². The lowest BCUT2D eigenvalue weighted by atomic mass is 10.1. The van der Waals surface area contributed by atoms with Crippen LogP contribution in [-0.4, -0.2) is 0 Å². The molecule has 0 aromatic carbocycles. The second-order valence-electron chi connectivity index (χ2n) is 2.97. The molecule has 0 rings (SSSR count). The molecule has 0 fully saturated rings. The van der Waals surface area contributed by atoms with Crippen molar-refractivity contribution in [3.8, 4) is 0 Å². The lowest BCUT2D eigenvalue weighted by Gasteiger charge is -1.98. The molecule has 0 atom stereocenters. The molecule has 0 saturated heterocycles. The maximum atomic E-state index is 3.83. The van der Waals surface area contributed by atoms with Gasteiger partial charge in [0.05, 0.1) is 0 Å². The third-order valence-electron chi connectivity index (χ3n) is 1.07. The Balaban J connectivity index is 3.95. The van der Waals surface area contributed by atoms with Gasteiger partial charge in [0.25, 0.3) is 0 Å². The standard InChI is InChI=1S/C10H16/c1-8(2)6-10(5)7-9(3)4/h6H,1,3,7H2,2,4-5H3. The van der Waals surface area contributed by atoms with Crippen molar-refractivity contribution in [3.05, 3.63) is 36.0 Å². The number of allylic oxidation sites excluding steroid dienone is 4. The number of hydrogen-bond acceptors (Lipinski definition) is 0. The van der Waals surface area contributed by atoms with Crippen molar-refractivity contribution in [1.29, 1.82) is 0 Å². The first-order valence-corrected chi connectivity index (χ1v) is 3.49. The van der Waals surface area contributed by atoms with E-state index in [1.54, 1.807) is 0 Å². The zero-order valence-electron chi connectivity index (χ0n) is 7.20. The zero-order valence-corrected chi connectivity index (χ0v) is 7.20. The summed E-state index contributed by atoms with van der Waals surface area (Å²) in [4.78, 5) is 0. The molecule has 0 bridgehead atoms. The molecule has 0 radical (unpaired) electrons. The van der Waals surface area contributed by atoms with Crippen LogP contribution in [0.15, 0.2) is 36.0 Å². The Kier molecular flexibility index (Phi) is 3.78. The van der Waals surface area contributed by atoms with E-state index in [2.05, 4.69) is 26.2 Å². The van der Waals surface area contributed by atoms with Crippen molar-refractivity contribution in [1.82, 2.24) is 0 Å². The smallest absolute Gasteiger partial charge is 0.0113 e. The third kappa shape index (κ3) is 5.36. The van der Waals surface area contributed by atoms with Gasteiger partial charge < -0.3 is 0 Å². The highest BCUT2D eigenvalue weighted by Crippen LogP contribution is 2.09. The van der Waals surface area contributed by atoms with E-state index in [0.717, 1.165) is 12.0 Å². The minimum absolute atomic E-state index is 0.993. The third-order valence-corrected chi connectivity index (χ3v) is 1.07. The Hall–Kier alpha value is -0.780. The fourth-order valence-electron chi connectivity index (χ4n) is 0.948. The quantitative estimate of drug-likeness (QED) is 0.411. The highest BCUT2D eigenvalue weighted by atomic mass is 13.9. The Bertz CT molecular complexity index is 170. The van der Waals surface area contributed by atoms with Crippen LogP contribution in [0.1, 0.15) is 27.2 Å². The molecule has 0 nitrogen and oxygen atoms in total. The van der Waals surface area contributed by atoms with Gasteiger partial charge in [-0.15, -0.1) is 0 Å². The van der Waals surface area contributed by atoms with Gasteiger partial charge in [-0.1, -0.05) is 36.0 Å².